The van der Waals surface area contributed by atoms with Crippen LogP contribution >= 0.6 is 11.8 Å². The molecule has 0 heterocycles. The topological polar surface area (TPSA) is 45.0 Å². The third-order valence-corrected chi connectivity index (χ3v) is 5.13. The van der Waals surface area contributed by atoms with Crippen LogP contribution in [0.1, 0.15) is 36.8 Å². The van der Waals surface area contributed by atoms with E-state index in [1.807, 2.05) is 30.0 Å². The van der Waals surface area contributed by atoms with Gasteiger partial charge in [0.15, 0.2) is 0 Å². The van der Waals surface area contributed by atoms with E-state index >= 15 is 0 Å². The van der Waals surface area contributed by atoms with Crippen LogP contribution in [-0.4, -0.2) is 24.7 Å². The number of rotatable bonds is 5. The lowest BCUT2D eigenvalue weighted by Gasteiger charge is -2.31. The Morgan fingerprint density at radius 3 is 2.90 bits per heavy atom. The number of nitrogens with one attached hydrogen (secondary N) is 1. The van der Waals surface area contributed by atoms with E-state index in [9.17, 15) is 0 Å². The van der Waals surface area contributed by atoms with Crippen LogP contribution in [0.5, 0.6) is 5.75 Å². The molecule has 3 nitrogen and oxygen atoms in total. The van der Waals surface area contributed by atoms with Crippen molar-refractivity contribution < 1.29 is 4.74 Å². The van der Waals surface area contributed by atoms with Crippen molar-refractivity contribution in [3.05, 3.63) is 29.3 Å². The first kappa shape index (κ1) is 15.2. The molecule has 1 aromatic rings. The SMILES string of the molecule is COc1cc(CNC2CCCCC2SC)ccc1C#N. The highest BCUT2D eigenvalue weighted by molar-refractivity contribution is 7.99. The van der Waals surface area contributed by atoms with Crippen LogP contribution in [0.2, 0.25) is 0 Å². The average molecular weight is 290 g/mol. The first-order valence-electron chi connectivity index (χ1n) is 7.11. The third-order valence-electron chi connectivity index (χ3n) is 3.96. The smallest absolute Gasteiger partial charge is 0.136 e. The fourth-order valence-corrected chi connectivity index (χ4v) is 3.76. The van der Waals surface area contributed by atoms with Crippen molar-refractivity contribution in [2.45, 2.75) is 43.5 Å². The van der Waals surface area contributed by atoms with Gasteiger partial charge in [-0.1, -0.05) is 18.9 Å². The Labute approximate surface area is 125 Å². The summed E-state index contributed by atoms with van der Waals surface area (Å²) in [5, 5.41) is 13.4. The van der Waals surface area contributed by atoms with Crippen molar-refractivity contribution in [3.8, 4) is 11.8 Å². The predicted molar refractivity (Wildman–Crippen MR) is 84.1 cm³/mol. The standard InChI is InChI=1S/C16H22N2OS/c1-19-15-9-12(7-8-13(15)10-17)11-18-14-5-3-4-6-16(14)20-2/h7-9,14,16,18H,3-6,11H2,1-2H3. The summed E-state index contributed by atoms with van der Waals surface area (Å²) >= 11 is 1.97. The van der Waals surface area contributed by atoms with Crippen LogP contribution in [-0.2, 0) is 6.54 Å². The van der Waals surface area contributed by atoms with Crippen LogP contribution in [0.4, 0.5) is 0 Å². The minimum absolute atomic E-state index is 0.593. The average Bonchev–Trinajstić information content (AvgIpc) is 2.52. The van der Waals surface area contributed by atoms with Crippen molar-refractivity contribution in [1.82, 2.24) is 5.32 Å². The number of thioether (sulfide) groups is 1. The largest absolute Gasteiger partial charge is 0.495 e. The van der Waals surface area contributed by atoms with E-state index in [1.54, 1.807) is 7.11 Å². The van der Waals surface area contributed by atoms with Crippen molar-refractivity contribution in [3.63, 3.8) is 0 Å². The van der Waals surface area contributed by atoms with Crippen LogP contribution in [0.3, 0.4) is 0 Å². The molecule has 1 aliphatic rings. The second-order valence-electron chi connectivity index (χ2n) is 5.19. The molecule has 2 atom stereocenters. The van der Waals surface area contributed by atoms with Gasteiger partial charge in [-0.15, -0.1) is 0 Å². The Morgan fingerprint density at radius 2 is 2.20 bits per heavy atom. The van der Waals surface area contributed by atoms with Crippen molar-refractivity contribution in [1.29, 1.82) is 5.26 Å². The molecule has 4 heteroatoms. The van der Waals surface area contributed by atoms with Gasteiger partial charge < -0.3 is 10.1 Å². The predicted octanol–water partition coefficient (Wildman–Crippen LogP) is 3.33. The maximum absolute atomic E-state index is 8.99. The van der Waals surface area contributed by atoms with Gasteiger partial charge in [0.25, 0.3) is 0 Å². The highest BCUT2D eigenvalue weighted by atomic mass is 32.2. The number of benzene rings is 1. The number of hydrogen-bond acceptors (Lipinski definition) is 4. The summed E-state index contributed by atoms with van der Waals surface area (Å²) in [5.41, 5.74) is 1.77. The van der Waals surface area contributed by atoms with E-state index in [-0.39, 0.29) is 0 Å². The summed E-state index contributed by atoms with van der Waals surface area (Å²) in [5.74, 6) is 0.664. The van der Waals surface area contributed by atoms with E-state index in [1.165, 1.54) is 31.2 Å². The molecule has 0 aromatic heterocycles. The molecule has 1 fully saturated rings. The van der Waals surface area contributed by atoms with Gasteiger partial charge in [-0.05, 0) is 36.8 Å². The van der Waals surface area contributed by atoms with Crippen LogP contribution in [0.15, 0.2) is 18.2 Å². The third kappa shape index (κ3) is 3.68. The number of methoxy groups -OCH3 is 1. The summed E-state index contributed by atoms with van der Waals surface area (Å²) in [7, 11) is 1.61. The summed E-state index contributed by atoms with van der Waals surface area (Å²) in [4.78, 5) is 0. The van der Waals surface area contributed by atoms with Gasteiger partial charge in [0, 0.05) is 17.8 Å². The second kappa shape index (κ2) is 7.56. The lowest BCUT2D eigenvalue weighted by atomic mass is 9.94. The monoisotopic (exact) mass is 290 g/mol. The van der Waals surface area contributed by atoms with Gasteiger partial charge in [0.2, 0.25) is 0 Å². The molecule has 0 spiro atoms. The molecule has 0 aliphatic heterocycles. The van der Waals surface area contributed by atoms with Crippen molar-refractivity contribution in [2.75, 3.05) is 13.4 Å². The van der Waals surface area contributed by atoms with Gasteiger partial charge in [0.1, 0.15) is 11.8 Å². The van der Waals surface area contributed by atoms with E-state index in [2.05, 4.69) is 17.6 Å². The minimum atomic E-state index is 0.593. The molecule has 0 saturated heterocycles. The highest BCUT2D eigenvalue weighted by Gasteiger charge is 2.23. The molecule has 1 N–H and O–H groups in total. The van der Waals surface area contributed by atoms with Gasteiger partial charge in [-0.2, -0.15) is 17.0 Å². The fourth-order valence-electron chi connectivity index (χ4n) is 2.80. The number of nitrogens with zero attached hydrogens (tertiary/aromatic N) is 1. The Kier molecular flexibility index (Phi) is 5.75. The van der Waals surface area contributed by atoms with Crippen LogP contribution < -0.4 is 10.1 Å². The van der Waals surface area contributed by atoms with Crippen molar-refractivity contribution in [2.24, 2.45) is 0 Å². The zero-order valence-electron chi connectivity index (χ0n) is 12.2. The summed E-state index contributed by atoms with van der Waals surface area (Å²) in [6.07, 6.45) is 7.46. The van der Waals surface area contributed by atoms with Crippen LogP contribution in [0.25, 0.3) is 0 Å². The molecule has 20 heavy (non-hydrogen) atoms. The quantitative estimate of drug-likeness (QED) is 0.903. The maximum Gasteiger partial charge on any atom is 0.136 e. The summed E-state index contributed by atoms with van der Waals surface area (Å²) in [6.45, 7) is 0.837. The molecule has 1 saturated carbocycles. The lowest BCUT2D eigenvalue weighted by molar-refractivity contribution is 0.382. The van der Waals surface area contributed by atoms with Gasteiger partial charge in [-0.25, -0.2) is 0 Å². The second-order valence-corrected chi connectivity index (χ2v) is 6.27. The summed E-state index contributed by atoms with van der Waals surface area (Å²) in [6, 6.07) is 8.55. The molecule has 0 radical (unpaired) electrons. The Morgan fingerprint density at radius 1 is 1.40 bits per heavy atom. The van der Waals surface area contributed by atoms with Gasteiger partial charge in [-0.3, -0.25) is 0 Å². The van der Waals surface area contributed by atoms with E-state index in [0.29, 0.717) is 17.4 Å². The zero-order chi connectivity index (χ0) is 14.4. The van der Waals surface area contributed by atoms with Gasteiger partial charge >= 0.3 is 0 Å². The molecule has 0 amide bonds. The number of hydrogen-bond donors (Lipinski definition) is 1. The normalized spacial score (nSPS) is 22.2. The van der Waals surface area contributed by atoms with E-state index in [0.717, 1.165) is 11.8 Å². The minimum Gasteiger partial charge on any atom is -0.495 e. The van der Waals surface area contributed by atoms with E-state index < -0.39 is 0 Å². The highest BCUT2D eigenvalue weighted by Crippen LogP contribution is 2.27. The molecular formula is C16H22N2OS. The van der Waals surface area contributed by atoms with Crippen LogP contribution in [0, 0.1) is 11.3 Å². The number of ether oxygens (including phenoxy) is 1. The first-order valence-corrected chi connectivity index (χ1v) is 8.40. The Balaban J connectivity index is 1.98. The molecule has 1 aliphatic carbocycles. The maximum atomic E-state index is 8.99. The fraction of sp³-hybridized carbons (Fsp3) is 0.562. The molecule has 2 rings (SSSR count). The molecule has 2 unspecified atom stereocenters. The zero-order valence-corrected chi connectivity index (χ0v) is 13.0. The lowest BCUT2D eigenvalue weighted by Crippen LogP contribution is -2.39. The molecular weight excluding hydrogens is 268 g/mol. The van der Waals surface area contributed by atoms with Gasteiger partial charge in [0.05, 0.1) is 12.7 Å². The first-order chi connectivity index (χ1) is 9.78. The Bertz CT molecular complexity index is 484. The number of nitriles is 1. The molecule has 108 valence electrons. The Hall–Kier alpha value is -1.18. The summed E-state index contributed by atoms with van der Waals surface area (Å²) < 4.78 is 5.26. The van der Waals surface area contributed by atoms with Crippen molar-refractivity contribution >= 4 is 11.8 Å². The molecule has 0 bridgehead atoms. The molecule has 1 aromatic carbocycles. The van der Waals surface area contributed by atoms with E-state index in [4.69, 9.17) is 10.00 Å².